The largest absolute Gasteiger partial charge is 0.266 e. The van der Waals surface area contributed by atoms with Gasteiger partial charge in [-0.2, -0.15) is 0 Å². The number of nitrogens with one attached hydrogen (secondary N) is 1. The minimum Gasteiger partial charge on any atom is -0.261 e. The van der Waals surface area contributed by atoms with Crippen LogP contribution >= 0.6 is 0 Å². The highest BCUT2D eigenvalue weighted by Crippen LogP contribution is 2.20. The Morgan fingerprint density at radius 2 is 1.89 bits per heavy atom. The number of aromatic nitrogens is 1. The Bertz CT molecular complexity index is 717. The van der Waals surface area contributed by atoms with Crippen molar-refractivity contribution in [3.8, 4) is 0 Å². The first kappa shape index (κ1) is 13.4. The number of anilines is 1. The summed E-state index contributed by atoms with van der Waals surface area (Å²) in [6, 6.07) is 6.02. The summed E-state index contributed by atoms with van der Waals surface area (Å²) in [5.74, 6) is -2.21. The third-order valence-corrected chi connectivity index (χ3v) is 3.72. The molecule has 0 spiro atoms. The van der Waals surface area contributed by atoms with E-state index in [-0.39, 0.29) is 0 Å². The van der Waals surface area contributed by atoms with Crippen molar-refractivity contribution in [1.29, 1.82) is 0 Å². The number of pyridine rings is 1. The van der Waals surface area contributed by atoms with E-state index in [0.717, 1.165) is 12.1 Å². The van der Waals surface area contributed by atoms with Gasteiger partial charge in [-0.1, -0.05) is 6.07 Å². The van der Waals surface area contributed by atoms with Gasteiger partial charge in [-0.05, 0) is 36.8 Å². The fourth-order valence-electron chi connectivity index (χ4n) is 1.46. The highest BCUT2D eigenvalue weighted by molar-refractivity contribution is 7.92. The van der Waals surface area contributed by atoms with Gasteiger partial charge in [-0.3, -0.25) is 4.72 Å². The maximum absolute atomic E-state index is 13.5. The number of hydrogen-bond acceptors (Lipinski definition) is 3. The predicted octanol–water partition coefficient (Wildman–Crippen LogP) is 2.47. The van der Waals surface area contributed by atoms with Gasteiger partial charge < -0.3 is 0 Å². The number of halogens is 2. The van der Waals surface area contributed by atoms with E-state index < -0.39 is 32.4 Å². The van der Waals surface area contributed by atoms with Crippen LogP contribution in [-0.4, -0.2) is 13.4 Å². The zero-order valence-electron chi connectivity index (χ0n) is 9.89. The van der Waals surface area contributed by atoms with Crippen molar-refractivity contribution >= 4 is 15.8 Å². The molecule has 0 aliphatic rings. The quantitative estimate of drug-likeness (QED) is 0.942. The van der Waals surface area contributed by atoms with Crippen molar-refractivity contribution in [3.05, 3.63) is 53.7 Å². The summed E-state index contributed by atoms with van der Waals surface area (Å²) < 4.78 is 52.7. The summed E-state index contributed by atoms with van der Waals surface area (Å²) in [4.78, 5) is 3.01. The molecule has 100 valence electrons. The van der Waals surface area contributed by atoms with Crippen LogP contribution < -0.4 is 4.72 Å². The standard InChI is InChI=1S/C12H10F2N2O2S/c1-8-4-5-9(13)11(7-8)19(17,18)16-12-10(14)3-2-6-15-12/h2-7H,1H3,(H,15,16). The van der Waals surface area contributed by atoms with E-state index in [1.165, 1.54) is 24.4 Å². The molecule has 19 heavy (non-hydrogen) atoms. The van der Waals surface area contributed by atoms with Crippen LogP contribution in [0.1, 0.15) is 5.56 Å². The van der Waals surface area contributed by atoms with Gasteiger partial charge in [-0.25, -0.2) is 22.2 Å². The van der Waals surface area contributed by atoms with E-state index in [0.29, 0.717) is 5.56 Å². The van der Waals surface area contributed by atoms with E-state index in [1.807, 2.05) is 4.72 Å². The van der Waals surface area contributed by atoms with Crippen LogP contribution in [0.4, 0.5) is 14.6 Å². The van der Waals surface area contributed by atoms with Crippen LogP contribution in [0.3, 0.4) is 0 Å². The zero-order chi connectivity index (χ0) is 14.0. The molecule has 0 aliphatic heterocycles. The Hall–Kier alpha value is -2.02. The van der Waals surface area contributed by atoms with E-state index in [4.69, 9.17) is 0 Å². The fourth-order valence-corrected chi connectivity index (χ4v) is 2.64. The van der Waals surface area contributed by atoms with Crippen LogP contribution in [0.15, 0.2) is 41.4 Å². The lowest BCUT2D eigenvalue weighted by molar-refractivity contribution is 0.568. The maximum Gasteiger partial charge on any atom is 0.266 e. The maximum atomic E-state index is 13.5. The van der Waals surface area contributed by atoms with Crippen molar-refractivity contribution in [3.63, 3.8) is 0 Å². The minimum absolute atomic E-state index is 0.469. The molecule has 0 bridgehead atoms. The number of aryl methyl sites for hydroxylation is 1. The topological polar surface area (TPSA) is 59.1 Å². The summed E-state index contributed by atoms with van der Waals surface area (Å²) in [5, 5.41) is 0. The molecule has 1 N–H and O–H groups in total. The summed E-state index contributed by atoms with van der Waals surface area (Å²) in [5.41, 5.74) is 0.572. The highest BCUT2D eigenvalue weighted by atomic mass is 32.2. The first-order chi connectivity index (χ1) is 8.90. The van der Waals surface area contributed by atoms with Crippen molar-refractivity contribution < 1.29 is 17.2 Å². The Morgan fingerprint density at radius 3 is 2.58 bits per heavy atom. The lowest BCUT2D eigenvalue weighted by Crippen LogP contribution is -2.16. The van der Waals surface area contributed by atoms with Crippen molar-refractivity contribution in [1.82, 2.24) is 4.98 Å². The molecule has 1 aromatic heterocycles. The molecule has 0 saturated heterocycles. The molecule has 0 atom stereocenters. The minimum atomic E-state index is -4.22. The number of rotatable bonds is 3. The van der Waals surface area contributed by atoms with E-state index in [9.17, 15) is 17.2 Å². The number of nitrogens with zero attached hydrogens (tertiary/aromatic N) is 1. The molecule has 1 aromatic carbocycles. The Labute approximate surface area is 109 Å². The molecule has 0 radical (unpaired) electrons. The van der Waals surface area contributed by atoms with Crippen LogP contribution in [0.2, 0.25) is 0 Å². The second-order valence-corrected chi connectivity index (χ2v) is 5.52. The monoisotopic (exact) mass is 284 g/mol. The Balaban J connectivity index is 2.44. The van der Waals surface area contributed by atoms with Gasteiger partial charge in [0.2, 0.25) is 0 Å². The molecule has 4 nitrogen and oxygen atoms in total. The Morgan fingerprint density at radius 1 is 1.16 bits per heavy atom. The molecule has 0 saturated carbocycles. The van der Waals surface area contributed by atoms with Crippen molar-refractivity contribution in [2.24, 2.45) is 0 Å². The first-order valence-electron chi connectivity index (χ1n) is 5.29. The molecular weight excluding hydrogens is 274 g/mol. The van der Waals surface area contributed by atoms with Crippen LogP contribution in [-0.2, 0) is 10.0 Å². The molecule has 0 aliphatic carbocycles. The number of sulfonamides is 1. The lowest BCUT2D eigenvalue weighted by Gasteiger charge is -2.09. The van der Waals surface area contributed by atoms with Crippen LogP contribution in [0, 0.1) is 18.6 Å². The molecule has 0 fully saturated rings. The van der Waals surface area contributed by atoms with Gasteiger partial charge in [0.05, 0.1) is 0 Å². The fraction of sp³-hybridized carbons (Fsp3) is 0.0833. The summed E-state index contributed by atoms with van der Waals surface area (Å²) >= 11 is 0. The first-order valence-corrected chi connectivity index (χ1v) is 6.78. The summed E-state index contributed by atoms with van der Waals surface area (Å²) in [7, 11) is -4.22. The van der Waals surface area contributed by atoms with Gasteiger partial charge >= 0.3 is 0 Å². The van der Waals surface area contributed by atoms with Gasteiger partial charge in [0.1, 0.15) is 10.7 Å². The average molecular weight is 284 g/mol. The van der Waals surface area contributed by atoms with E-state index in [2.05, 4.69) is 4.98 Å². The molecule has 0 amide bonds. The normalized spacial score (nSPS) is 11.3. The van der Waals surface area contributed by atoms with E-state index >= 15 is 0 Å². The second-order valence-electron chi connectivity index (χ2n) is 3.87. The molecule has 0 unspecified atom stereocenters. The molecule has 2 aromatic rings. The third-order valence-electron chi connectivity index (χ3n) is 2.37. The van der Waals surface area contributed by atoms with Crippen molar-refractivity contribution in [2.75, 3.05) is 4.72 Å². The van der Waals surface area contributed by atoms with Gasteiger partial charge in [0, 0.05) is 6.20 Å². The third kappa shape index (κ3) is 2.87. The second kappa shape index (κ2) is 4.93. The zero-order valence-corrected chi connectivity index (χ0v) is 10.7. The molecule has 7 heteroatoms. The Kier molecular flexibility index (Phi) is 3.48. The highest BCUT2D eigenvalue weighted by Gasteiger charge is 2.21. The molecular formula is C12H10F2N2O2S. The average Bonchev–Trinajstić information content (AvgIpc) is 2.35. The molecule has 2 rings (SSSR count). The van der Waals surface area contributed by atoms with Gasteiger partial charge in [0.25, 0.3) is 10.0 Å². The number of hydrogen-bond donors (Lipinski definition) is 1. The molecule has 1 heterocycles. The SMILES string of the molecule is Cc1ccc(F)c(S(=O)(=O)Nc2ncccc2F)c1. The van der Waals surface area contributed by atoms with Crippen LogP contribution in [0.25, 0.3) is 0 Å². The predicted molar refractivity (Wildman–Crippen MR) is 66.1 cm³/mol. The summed E-state index contributed by atoms with van der Waals surface area (Å²) in [6.45, 7) is 1.62. The van der Waals surface area contributed by atoms with E-state index in [1.54, 1.807) is 6.92 Å². The van der Waals surface area contributed by atoms with Gasteiger partial charge in [0.15, 0.2) is 11.6 Å². The van der Waals surface area contributed by atoms with Crippen LogP contribution in [0.5, 0.6) is 0 Å². The van der Waals surface area contributed by atoms with Gasteiger partial charge in [-0.15, -0.1) is 0 Å². The smallest absolute Gasteiger partial charge is 0.261 e. The summed E-state index contributed by atoms with van der Waals surface area (Å²) in [6.07, 6.45) is 1.23. The lowest BCUT2D eigenvalue weighted by atomic mass is 10.2. The van der Waals surface area contributed by atoms with Crippen molar-refractivity contribution in [2.45, 2.75) is 11.8 Å². The number of benzene rings is 1.